The van der Waals surface area contributed by atoms with Crippen molar-refractivity contribution in [3.8, 4) is 5.75 Å². The summed E-state index contributed by atoms with van der Waals surface area (Å²) in [6.45, 7) is 2.30. The number of carbonyl (C=O) groups excluding carboxylic acids is 1. The van der Waals surface area contributed by atoms with Gasteiger partial charge in [-0.25, -0.2) is 4.39 Å². The normalized spacial score (nSPS) is 19.5. The summed E-state index contributed by atoms with van der Waals surface area (Å²) >= 11 is 0. The van der Waals surface area contributed by atoms with Crippen molar-refractivity contribution in [3.05, 3.63) is 54.0 Å². The van der Waals surface area contributed by atoms with Crippen LogP contribution in [0.5, 0.6) is 5.75 Å². The van der Waals surface area contributed by atoms with E-state index < -0.39 is 0 Å². The van der Waals surface area contributed by atoms with Crippen molar-refractivity contribution in [3.63, 3.8) is 0 Å². The summed E-state index contributed by atoms with van der Waals surface area (Å²) in [5.41, 5.74) is 1.80. The number of halogens is 1. The van der Waals surface area contributed by atoms with Crippen molar-refractivity contribution in [2.24, 2.45) is 5.92 Å². The van der Waals surface area contributed by atoms with Gasteiger partial charge >= 0.3 is 0 Å². The molecule has 1 aliphatic rings. The summed E-state index contributed by atoms with van der Waals surface area (Å²) < 4.78 is 20.6. The number of anilines is 1. The minimum atomic E-state index is -0.375. The molecule has 0 bridgehead atoms. The van der Waals surface area contributed by atoms with Gasteiger partial charge in [0.25, 0.3) is 5.91 Å². The van der Waals surface area contributed by atoms with Crippen LogP contribution < -0.4 is 10.1 Å². The molecule has 6 heteroatoms. The van der Waals surface area contributed by atoms with Crippen LogP contribution >= 0.6 is 0 Å². The second kappa shape index (κ2) is 7.62. The highest BCUT2D eigenvalue weighted by atomic mass is 19.1. The van der Waals surface area contributed by atoms with Crippen LogP contribution in [0.1, 0.15) is 49.0 Å². The second-order valence-corrected chi connectivity index (χ2v) is 7.60. The fourth-order valence-corrected chi connectivity index (χ4v) is 3.83. The van der Waals surface area contributed by atoms with Crippen LogP contribution in [0.4, 0.5) is 10.1 Å². The van der Waals surface area contributed by atoms with Crippen LogP contribution in [0.25, 0.3) is 10.9 Å². The fraction of sp³-hybridized carbons (Fsp3) is 0.364. The predicted molar refractivity (Wildman–Crippen MR) is 107 cm³/mol. The van der Waals surface area contributed by atoms with Gasteiger partial charge in [-0.1, -0.05) is 6.92 Å². The number of aromatic nitrogens is 2. The average molecular weight is 381 g/mol. The van der Waals surface area contributed by atoms with Crippen molar-refractivity contribution in [1.29, 1.82) is 0 Å². The standard InChI is InChI=1S/C22H24FN3O2/c1-14-3-9-18(10-4-14)26-13-16-11-20(21(28-2)12-19(16)25-26)24-22(27)15-5-7-17(23)8-6-15/h5-8,11-14,18H,3-4,9-10H2,1-2H3,(H,24,27). The van der Waals surface area contributed by atoms with E-state index in [0.717, 1.165) is 29.7 Å². The molecule has 1 amide bonds. The maximum absolute atomic E-state index is 13.1. The van der Waals surface area contributed by atoms with Gasteiger partial charge in [0.15, 0.2) is 0 Å². The molecule has 1 heterocycles. The lowest BCUT2D eigenvalue weighted by atomic mass is 9.87. The molecular formula is C22H24FN3O2. The molecule has 0 spiro atoms. The lowest BCUT2D eigenvalue weighted by Crippen LogP contribution is -2.16. The molecule has 1 N–H and O–H groups in total. The molecule has 1 aliphatic carbocycles. The third kappa shape index (κ3) is 3.72. The molecule has 4 rings (SSSR count). The van der Waals surface area contributed by atoms with Gasteiger partial charge in [0.05, 0.1) is 24.4 Å². The third-order valence-electron chi connectivity index (χ3n) is 5.56. The molecule has 28 heavy (non-hydrogen) atoms. The molecule has 146 valence electrons. The van der Waals surface area contributed by atoms with E-state index in [2.05, 4.69) is 16.9 Å². The first-order chi connectivity index (χ1) is 13.5. The summed E-state index contributed by atoms with van der Waals surface area (Å²) in [4.78, 5) is 12.5. The van der Waals surface area contributed by atoms with Gasteiger partial charge in [-0.05, 0) is 61.9 Å². The Hall–Kier alpha value is -2.89. The van der Waals surface area contributed by atoms with Gasteiger partial charge in [-0.15, -0.1) is 0 Å². The van der Waals surface area contributed by atoms with Crippen LogP contribution in [0, 0.1) is 11.7 Å². The average Bonchev–Trinajstić information content (AvgIpc) is 3.11. The zero-order valence-electron chi connectivity index (χ0n) is 16.1. The molecule has 0 atom stereocenters. The van der Waals surface area contributed by atoms with Gasteiger partial charge in [0, 0.05) is 23.2 Å². The zero-order chi connectivity index (χ0) is 19.7. The van der Waals surface area contributed by atoms with E-state index >= 15 is 0 Å². The molecule has 0 saturated heterocycles. The molecule has 0 unspecified atom stereocenters. The van der Waals surface area contributed by atoms with E-state index in [4.69, 9.17) is 9.84 Å². The Labute approximate surface area is 163 Å². The SMILES string of the molecule is COc1cc2nn(C3CCC(C)CC3)cc2cc1NC(=O)c1ccc(F)cc1. The smallest absolute Gasteiger partial charge is 0.255 e. The number of nitrogens with zero attached hydrogens (tertiary/aromatic N) is 2. The lowest BCUT2D eigenvalue weighted by Gasteiger charge is -2.26. The molecule has 1 aromatic heterocycles. The van der Waals surface area contributed by atoms with Crippen LogP contribution in [-0.2, 0) is 0 Å². The Morgan fingerprint density at radius 3 is 2.57 bits per heavy atom. The summed E-state index contributed by atoms with van der Waals surface area (Å²) in [7, 11) is 1.56. The maximum atomic E-state index is 13.1. The minimum absolute atomic E-state index is 0.314. The highest BCUT2D eigenvalue weighted by Gasteiger charge is 2.21. The molecule has 2 aromatic carbocycles. The van der Waals surface area contributed by atoms with Crippen LogP contribution in [0.15, 0.2) is 42.6 Å². The predicted octanol–water partition coefficient (Wildman–Crippen LogP) is 5.19. The Morgan fingerprint density at radius 2 is 1.89 bits per heavy atom. The van der Waals surface area contributed by atoms with Gasteiger partial charge in [-0.3, -0.25) is 9.48 Å². The molecule has 0 radical (unpaired) electrons. The van der Waals surface area contributed by atoms with Crippen LogP contribution in [-0.4, -0.2) is 22.8 Å². The van der Waals surface area contributed by atoms with E-state index in [1.165, 1.54) is 37.1 Å². The Balaban J connectivity index is 1.61. The van der Waals surface area contributed by atoms with Gasteiger partial charge in [0.2, 0.25) is 0 Å². The second-order valence-electron chi connectivity index (χ2n) is 7.60. The number of nitrogens with one attached hydrogen (secondary N) is 1. The number of carbonyl (C=O) groups is 1. The number of fused-ring (bicyclic) bond motifs is 1. The van der Waals surface area contributed by atoms with E-state index in [1.807, 2.05) is 18.3 Å². The highest BCUT2D eigenvalue weighted by Crippen LogP contribution is 2.34. The number of hydrogen-bond donors (Lipinski definition) is 1. The van der Waals surface area contributed by atoms with Gasteiger partial charge in [-0.2, -0.15) is 5.10 Å². The summed E-state index contributed by atoms with van der Waals surface area (Å²) in [5, 5.41) is 8.55. The quantitative estimate of drug-likeness (QED) is 0.677. The number of rotatable bonds is 4. The Morgan fingerprint density at radius 1 is 1.18 bits per heavy atom. The van der Waals surface area contributed by atoms with E-state index in [0.29, 0.717) is 23.0 Å². The maximum Gasteiger partial charge on any atom is 0.255 e. The molecule has 5 nitrogen and oxygen atoms in total. The zero-order valence-corrected chi connectivity index (χ0v) is 16.1. The molecule has 3 aromatic rings. The number of amides is 1. The molecule has 1 fully saturated rings. The topological polar surface area (TPSA) is 56.1 Å². The number of hydrogen-bond acceptors (Lipinski definition) is 3. The van der Waals surface area contributed by atoms with Crippen molar-refractivity contribution in [1.82, 2.24) is 9.78 Å². The monoisotopic (exact) mass is 381 g/mol. The molecule has 1 saturated carbocycles. The van der Waals surface area contributed by atoms with Gasteiger partial charge in [0.1, 0.15) is 11.6 Å². The minimum Gasteiger partial charge on any atom is -0.494 e. The van der Waals surface area contributed by atoms with Gasteiger partial charge < -0.3 is 10.1 Å². The van der Waals surface area contributed by atoms with E-state index in [1.54, 1.807) is 7.11 Å². The van der Waals surface area contributed by atoms with Crippen molar-refractivity contribution in [2.75, 3.05) is 12.4 Å². The lowest BCUT2D eigenvalue weighted by molar-refractivity contribution is 0.102. The molecule has 0 aliphatic heterocycles. The number of ether oxygens (including phenoxy) is 1. The van der Waals surface area contributed by atoms with Crippen LogP contribution in [0.3, 0.4) is 0 Å². The highest BCUT2D eigenvalue weighted by molar-refractivity contribution is 6.06. The van der Waals surface area contributed by atoms with E-state index in [9.17, 15) is 9.18 Å². The summed E-state index contributed by atoms with van der Waals surface area (Å²) in [6, 6.07) is 9.60. The summed E-state index contributed by atoms with van der Waals surface area (Å²) in [5.74, 6) is 0.645. The van der Waals surface area contributed by atoms with Crippen molar-refractivity contribution in [2.45, 2.75) is 38.6 Å². The number of benzene rings is 2. The first-order valence-electron chi connectivity index (χ1n) is 9.67. The first-order valence-corrected chi connectivity index (χ1v) is 9.67. The number of methoxy groups -OCH3 is 1. The van der Waals surface area contributed by atoms with Crippen LogP contribution in [0.2, 0.25) is 0 Å². The van der Waals surface area contributed by atoms with Crippen molar-refractivity contribution >= 4 is 22.5 Å². The Kier molecular flexibility index (Phi) is 5.03. The fourth-order valence-electron chi connectivity index (χ4n) is 3.83. The Bertz CT molecular complexity index is 989. The molecular weight excluding hydrogens is 357 g/mol. The summed E-state index contributed by atoms with van der Waals surface area (Å²) in [6.07, 6.45) is 6.77. The van der Waals surface area contributed by atoms with E-state index in [-0.39, 0.29) is 11.7 Å². The largest absolute Gasteiger partial charge is 0.494 e. The van der Waals surface area contributed by atoms with Crippen molar-refractivity contribution < 1.29 is 13.9 Å². The first kappa shape index (κ1) is 18.5. The third-order valence-corrected chi connectivity index (χ3v) is 5.56.